The average molecular weight is 264 g/mol. The Morgan fingerprint density at radius 2 is 2.00 bits per heavy atom. The molecule has 1 heterocycles. The molecule has 0 spiro atoms. The molecule has 3 N–H and O–H groups in total. The number of nitrogens with one attached hydrogen (secondary N) is 2. The van der Waals surface area contributed by atoms with E-state index >= 15 is 0 Å². The number of aromatic nitrogens is 2. The smallest absolute Gasteiger partial charge is 0.305 e. The zero-order chi connectivity index (χ0) is 13.5. The molecule has 0 aromatic carbocycles. The minimum atomic E-state index is -0.817. The Kier molecular flexibility index (Phi) is 4.94. The number of anilines is 2. The van der Waals surface area contributed by atoms with Crippen LogP contribution >= 0.6 is 0 Å². The van der Waals surface area contributed by atoms with Gasteiger partial charge >= 0.3 is 5.97 Å². The third-order valence-corrected chi connectivity index (χ3v) is 3.27. The van der Waals surface area contributed by atoms with Gasteiger partial charge in [-0.15, -0.1) is 0 Å². The summed E-state index contributed by atoms with van der Waals surface area (Å²) in [5, 5.41) is 15.0. The molecule has 6 nitrogen and oxygen atoms in total. The zero-order valence-electron chi connectivity index (χ0n) is 10.9. The highest BCUT2D eigenvalue weighted by Gasteiger charge is 2.13. The highest BCUT2D eigenvalue weighted by molar-refractivity contribution is 5.67. The van der Waals surface area contributed by atoms with Gasteiger partial charge in [-0.05, 0) is 12.8 Å². The lowest BCUT2D eigenvalue weighted by atomic mass is 9.95. The van der Waals surface area contributed by atoms with Crippen molar-refractivity contribution in [3.63, 3.8) is 0 Å². The molecule has 0 amide bonds. The van der Waals surface area contributed by atoms with Gasteiger partial charge in [-0.1, -0.05) is 19.3 Å². The summed E-state index contributed by atoms with van der Waals surface area (Å²) in [6.45, 7) is 0.370. The van der Waals surface area contributed by atoms with E-state index in [1.54, 1.807) is 0 Å². The lowest BCUT2D eigenvalue weighted by molar-refractivity contribution is -0.136. The van der Waals surface area contributed by atoms with Crippen molar-refractivity contribution < 1.29 is 9.90 Å². The number of carboxylic acids is 1. The van der Waals surface area contributed by atoms with Crippen LogP contribution in [-0.4, -0.2) is 33.6 Å². The second-order valence-corrected chi connectivity index (χ2v) is 4.84. The monoisotopic (exact) mass is 264 g/mol. The molecule has 0 aliphatic heterocycles. The molecular weight excluding hydrogens is 244 g/mol. The van der Waals surface area contributed by atoms with Gasteiger partial charge in [0.2, 0.25) is 0 Å². The molecule has 0 saturated heterocycles. The molecule has 1 aromatic heterocycles. The van der Waals surface area contributed by atoms with Gasteiger partial charge in [0.25, 0.3) is 0 Å². The maximum absolute atomic E-state index is 10.4. The highest BCUT2D eigenvalue weighted by atomic mass is 16.4. The van der Waals surface area contributed by atoms with Crippen LogP contribution in [0.1, 0.15) is 38.5 Å². The normalized spacial score (nSPS) is 16.0. The first-order valence-electron chi connectivity index (χ1n) is 6.78. The lowest BCUT2D eigenvalue weighted by Gasteiger charge is -2.23. The van der Waals surface area contributed by atoms with E-state index in [4.69, 9.17) is 5.11 Å². The standard InChI is InChI=1S/C13H20N4O2/c18-13(19)6-7-14-11-8-12(16-9-15-11)17-10-4-2-1-3-5-10/h8-10H,1-7H2,(H,18,19)(H2,14,15,16,17). The molecule has 1 aliphatic carbocycles. The van der Waals surface area contributed by atoms with E-state index in [-0.39, 0.29) is 6.42 Å². The van der Waals surface area contributed by atoms with Gasteiger partial charge in [0.15, 0.2) is 0 Å². The summed E-state index contributed by atoms with van der Waals surface area (Å²) in [5.41, 5.74) is 0. The maximum Gasteiger partial charge on any atom is 0.305 e. The summed E-state index contributed by atoms with van der Waals surface area (Å²) in [5.74, 6) is 0.649. The predicted molar refractivity (Wildman–Crippen MR) is 73.3 cm³/mol. The van der Waals surface area contributed by atoms with Crippen molar-refractivity contribution >= 4 is 17.6 Å². The minimum absolute atomic E-state index is 0.0788. The Hall–Kier alpha value is -1.85. The summed E-state index contributed by atoms with van der Waals surface area (Å²) in [6.07, 6.45) is 7.81. The van der Waals surface area contributed by atoms with Crippen molar-refractivity contribution in [3.05, 3.63) is 12.4 Å². The third-order valence-electron chi connectivity index (χ3n) is 3.27. The van der Waals surface area contributed by atoms with Crippen LogP contribution in [0, 0.1) is 0 Å². The summed E-state index contributed by atoms with van der Waals surface area (Å²) in [7, 11) is 0. The van der Waals surface area contributed by atoms with Crippen molar-refractivity contribution in [2.45, 2.75) is 44.6 Å². The summed E-state index contributed by atoms with van der Waals surface area (Å²) >= 11 is 0. The Bertz CT molecular complexity index is 419. The van der Waals surface area contributed by atoms with Crippen LogP contribution < -0.4 is 10.6 Å². The Labute approximate surface area is 112 Å². The Morgan fingerprint density at radius 1 is 1.26 bits per heavy atom. The molecule has 1 aliphatic rings. The van der Waals surface area contributed by atoms with Crippen molar-refractivity contribution in [1.82, 2.24) is 9.97 Å². The number of carboxylic acid groups (broad SMARTS) is 1. The largest absolute Gasteiger partial charge is 0.481 e. The van der Waals surface area contributed by atoms with Gasteiger partial charge in [-0.25, -0.2) is 9.97 Å². The summed E-state index contributed by atoms with van der Waals surface area (Å²) < 4.78 is 0. The van der Waals surface area contributed by atoms with E-state index in [1.807, 2.05) is 6.07 Å². The number of hydrogen-bond donors (Lipinski definition) is 3. The molecule has 0 unspecified atom stereocenters. The Balaban J connectivity index is 1.85. The molecule has 0 radical (unpaired) electrons. The fourth-order valence-corrected chi connectivity index (χ4v) is 2.29. The summed E-state index contributed by atoms with van der Waals surface area (Å²) in [4.78, 5) is 18.7. The second-order valence-electron chi connectivity index (χ2n) is 4.84. The molecule has 19 heavy (non-hydrogen) atoms. The fourth-order valence-electron chi connectivity index (χ4n) is 2.29. The van der Waals surface area contributed by atoms with Gasteiger partial charge in [0, 0.05) is 18.7 Å². The third kappa shape index (κ3) is 4.73. The van der Waals surface area contributed by atoms with E-state index < -0.39 is 5.97 Å². The van der Waals surface area contributed by atoms with Crippen LogP contribution in [0.15, 0.2) is 12.4 Å². The molecule has 1 aromatic rings. The number of hydrogen-bond acceptors (Lipinski definition) is 5. The molecule has 104 valence electrons. The average Bonchev–Trinajstić information content (AvgIpc) is 2.40. The number of rotatable bonds is 6. The first kappa shape index (κ1) is 13.6. The molecule has 1 saturated carbocycles. The quantitative estimate of drug-likeness (QED) is 0.729. The van der Waals surface area contributed by atoms with Crippen molar-refractivity contribution in [1.29, 1.82) is 0 Å². The number of aliphatic carboxylic acids is 1. The molecule has 0 atom stereocenters. The zero-order valence-corrected chi connectivity index (χ0v) is 10.9. The van der Waals surface area contributed by atoms with E-state index in [9.17, 15) is 4.79 Å². The first-order chi connectivity index (χ1) is 9.24. The first-order valence-corrected chi connectivity index (χ1v) is 6.78. The van der Waals surface area contributed by atoms with E-state index in [1.165, 1.54) is 38.4 Å². The van der Waals surface area contributed by atoms with Gasteiger partial charge < -0.3 is 15.7 Å². The van der Waals surface area contributed by atoms with Crippen LogP contribution in [0.5, 0.6) is 0 Å². The SMILES string of the molecule is O=C(O)CCNc1cc(NC2CCCCC2)ncn1. The number of carbonyl (C=O) groups is 1. The van der Waals surface area contributed by atoms with Crippen LogP contribution in [0.2, 0.25) is 0 Å². The predicted octanol–water partition coefficient (Wildman–Crippen LogP) is 2.11. The van der Waals surface area contributed by atoms with Gasteiger partial charge in [0.05, 0.1) is 6.42 Å². The van der Waals surface area contributed by atoms with Crippen molar-refractivity contribution in [2.24, 2.45) is 0 Å². The fraction of sp³-hybridized carbons (Fsp3) is 0.615. The van der Waals surface area contributed by atoms with E-state index in [0.717, 1.165) is 5.82 Å². The number of nitrogens with zero attached hydrogens (tertiary/aromatic N) is 2. The second kappa shape index (κ2) is 6.92. The lowest BCUT2D eigenvalue weighted by Crippen LogP contribution is -2.23. The highest BCUT2D eigenvalue weighted by Crippen LogP contribution is 2.21. The topological polar surface area (TPSA) is 87.1 Å². The molecular formula is C13H20N4O2. The molecule has 2 rings (SSSR count). The van der Waals surface area contributed by atoms with Crippen LogP contribution in [-0.2, 0) is 4.79 Å². The Morgan fingerprint density at radius 3 is 2.74 bits per heavy atom. The molecule has 1 fully saturated rings. The van der Waals surface area contributed by atoms with E-state index in [0.29, 0.717) is 18.4 Å². The molecule has 0 bridgehead atoms. The van der Waals surface area contributed by atoms with Crippen LogP contribution in [0.4, 0.5) is 11.6 Å². The van der Waals surface area contributed by atoms with Gasteiger partial charge in [-0.3, -0.25) is 4.79 Å². The molecule has 6 heteroatoms. The minimum Gasteiger partial charge on any atom is -0.481 e. The van der Waals surface area contributed by atoms with Gasteiger partial charge in [-0.2, -0.15) is 0 Å². The summed E-state index contributed by atoms with van der Waals surface area (Å²) in [6, 6.07) is 2.33. The maximum atomic E-state index is 10.4. The van der Waals surface area contributed by atoms with Crippen LogP contribution in [0.3, 0.4) is 0 Å². The van der Waals surface area contributed by atoms with Gasteiger partial charge in [0.1, 0.15) is 18.0 Å². The van der Waals surface area contributed by atoms with Crippen molar-refractivity contribution in [3.8, 4) is 0 Å². The van der Waals surface area contributed by atoms with Crippen molar-refractivity contribution in [2.75, 3.05) is 17.2 Å². The van der Waals surface area contributed by atoms with Crippen LogP contribution in [0.25, 0.3) is 0 Å². The van der Waals surface area contributed by atoms with E-state index in [2.05, 4.69) is 20.6 Å².